The predicted molar refractivity (Wildman–Crippen MR) is 63.8 cm³/mol. The molecule has 0 bridgehead atoms. The molecule has 0 aromatic heterocycles. The van der Waals surface area contributed by atoms with E-state index in [4.69, 9.17) is 4.74 Å². The Labute approximate surface area is 96.6 Å². The van der Waals surface area contributed by atoms with Crippen LogP contribution in [0.1, 0.15) is 41.6 Å². The van der Waals surface area contributed by atoms with Gasteiger partial charge in [-0.15, -0.1) is 0 Å². The molecule has 1 aromatic rings. The van der Waals surface area contributed by atoms with E-state index in [2.05, 4.69) is 13.0 Å². The lowest BCUT2D eigenvalue weighted by Gasteiger charge is -2.28. The van der Waals surface area contributed by atoms with Crippen LogP contribution in [0.4, 0.5) is 0 Å². The van der Waals surface area contributed by atoms with Crippen LogP contribution in [0, 0.1) is 5.92 Å². The molecule has 0 aliphatic carbocycles. The predicted octanol–water partition coefficient (Wildman–Crippen LogP) is 3.03. The smallest absolute Gasteiger partial charge is 0.150 e. The SMILES string of the molecule is CC(c1cccc(C=O)c1)C1CCOCC1. The third-order valence-corrected chi connectivity index (χ3v) is 3.55. The van der Waals surface area contributed by atoms with Crippen LogP contribution in [0.25, 0.3) is 0 Å². The highest BCUT2D eigenvalue weighted by Gasteiger charge is 2.21. The molecule has 1 aliphatic heterocycles. The van der Waals surface area contributed by atoms with Crippen molar-refractivity contribution in [2.45, 2.75) is 25.7 Å². The van der Waals surface area contributed by atoms with Gasteiger partial charge >= 0.3 is 0 Å². The fourth-order valence-electron chi connectivity index (χ4n) is 2.40. The van der Waals surface area contributed by atoms with Crippen molar-refractivity contribution in [3.05, 3.63) is 35.4 Å². The zero-order valence-corrected chi connectivity index (χ0v) is 9.69. The topological polar surface area (TPSA) is 26.3 Å². The summed E-state index contributed by atoms with van der Waals surface area (Å²) in [6.07, 6.45) is 3.18. The van der Waals surface area contributed by atoms with Crippen LogP contribution < -0.4 is 0 Å². The second kappa shape index (κ2) is 5.26. The molecule has 16 heavy (non-hydrogen) atoms. The van der Waals surface area contributed by atoms with Crippen molar-refractivity contribution in [3.8, 4) is 0 Å². The monoisotopic (exact) mass is 218 g/mol. The number of hydrogen-bond acceptors (Lipinski definition) is 2. The van der Waals surface area contributed by atoms with Crippen molar-refractivity contribution in [3.63, 3.8) is 0 Å². The second-order valence-electron chi connectivity index (χ2n) is 4.53. The first kappa shape index (κ1) is 11.3. The summed E-state index contributed by atoms with van der Waals surface area (Å²) in [4.78, 5) is 10.7. The average Bonchev–Trinajstić information content (AvgIpc) is 2.39. The van der Waals surface area contributed by atoms with E-state index in [1.165, 1.54) is 5.56 Å². The molecule has 1 atom stereocenters. The molecule has 2 rings (SSSR count). The Hall–Kier alpha value is -1.15. The van der Waals surface area contributed by atoms with E-state index in [1.54, 1.807) is 0 Å². The van der Waals surface area contributed by atoms with E-state index in [-0.39, 0.29) is 0 Å². The molecule has 1 aromatic carbocycles. The first-order chi connectivity index (χ1) is 7.81. The van der Waals surface area contributed by atoms with Gasteiger partial charge in [-0.05, 0) is 36.3 Å². The van der Waals surface area contributed by atoms with Gasteiger partial charge in [0.2, 0.25) is 0 Å². The highest BCUT2D eigenvalue weighted by atomic mass is 16.5. The first-order valence-corrected chi connectivity index (χ1v) is 5.94. The lowest BCUT2D eigenvalue weighted by Crippen LogP contribution is -2.20. The first-order valence-electron chi connectivity index (χ1n) is 5.94. The van der Waals surface area contributed by atoms with Crippen LogP contribution in [0.15, 0.2) is 24.3 Å². The van der Waals surface area contributed by atoms with Gasteiger partial charge in [-0.3, -0.25) is 4.79 Å². The quantitative estimate of drug-likeness (QED) is 0.729. The zero-order valence-electron chi connectivity index (χ0n) is 9.69. The Morgan fingerprint density at radius 1 is 1.38 bits per heavy atom. The summed E-state index contributed by atoms with van der Waals surface area (Å²) in [5.74, 6) is 1.21. The molecule has 0 spiro atoms. The standard InChI is InChI=1S/C14H18O2/c1-11(13-5-7-16-8-6-13)14-4-2-3-12(9-14)10-15/h2-4,9-11,13H,5-8H2,1H3. The lowest BCUT2D eigenvalue weighted by molar-refractivity contribution is 0.0596. The lowest BCUT2D eigenvalue weighted by atomic mass is 9.82. The number of aldehydes is 1. The summed E-state index contributed by atoms with van der Waals surface area (Å²) < 4.78 is 5.37. The van der Waals surface area contributed by atoms with Crippen LogP contribution in [-0.4, -0.2) is 19.5 Å². The summed E-state index contributed by atoms with van der Waals surface area (Å²) in [7, 11) is 0. The van der Waals surface area contributed by atoms with E-state index < -0.39 is 0 Å². The molecule has 0 saturated carbocycles. The summed E-state index contributed by atoms with van der Waals surface area (Å²) in [5, 5.41) is 0. The highest BCUT2D eigenvalue weighted by molar-refractivity contribution is 5.75. The van der Waals surface area contributed by atoms with Gasteiger partial charge in [-0.25, -0.2) is 0 Å². The van der Waals surface area contributed by atoms with Crippen molar-refractivity contribution in [2.24, 2.45) is 5.92 Å². The Kier molecular flexibility index (Phi) is 3.73. The maximum atomic E-state index is 10.7. The summed E-state index contributed by atoms with van der Waals surface area (Å²) in [5.41, 5.74) is 2.05. The van der Waals surface area contributed by atoms with Crippen molar-refractivity contribution in [2.75, 3.05) is 13.2 Å². The average molecular weight is 218 g/mol. The van der Waals surface area contributed by atoms with Crippen LogP contribution in [0.3, 0.4) is 0 Å². The minimum atomic E-state index is 0.517. The Morgan fingerprint density at radius 2 is 2.12 bits per heavy atom. The third-order valence-electron chi connectivity index (χ3n) is 3.55. The Bertz CT molecular complexity index is 354. The maximum absolute atomic E-state index is 10.7. The minimum absolute atomic E-state index is 0.517. The molecule has 0 amide bonds. The number of carbonyl (C=O) groups excluding carboxylic acids is 1. The third kappa shape index (κ3) is 2.50. The number of hydrogen-bond donors (Lipinski definition) is 0. The summed E-state index contributed by atoms with van der Waals surface area (Å²) >= 11 is 0. The van der Waals surface area contributed by atoms with E-state index in [0.717, 1.165) is 37.9 Å². The van der Waals surface area contributed by atoms with Gasteiger partial charge in [0, 0.05) is 18.8 Å². The van der Waals surface area contributed by atoms with Crippen LogP contribution in [-0.2, 0) is 4.74 Å². The van der Waals surface area contributed by atoms with E-state index in [0.29, 0.717) is 11.8 Å². The van der Waals surface area contributed by atoms with Crippen LogP contribution >= 0.6 is 0 Å². The fourth-order valence-corrected chi connectivity index (χ4v) is 2.40. The fraction of sp³-hybridized carbons (Fsp3) is 0.500. The largest absolute Gasteiger partial charge is 0.381 e. The number of ether oxygens (including phenoxy) is 1. The van der Waals surface area contributed by atoms with Crippen molar-refractivity contribution in [1.82, 2.24) is 0 Å². The van der Waals surface area contributed by atoms with Crippen molar-refractivity contribution >= 4 is 6.29 Å². The second-order valence-corrected chi connectivity index (χ2v) is 4.53. The van der Waals surface area contributed by atoms with E-state index in [1.807, 2.05) is 18.2 Å². The molecular formula is C14H18O2. The summed E-state index contributed by atoms with van der Waals surface area (Å²) in [6.45, 7) is 4.00. The van der Waals surface area contributed by atoms with E-state index >= 15 is 0 Å². The zero-order chi connectivity index (χ0) is 11.4. The molecule has 1 unspecified atom stereocenters. The molecular weight excluding hydrogens is 200 g/mol. The van der Waals surface area contributed by atoms with Crippen molar-refractivity contribution in [1.29, 1.82) is 0 Å². The molecule has 2 heteroatoms. The molecule has 0 N–H and O–H groups in total. The number of benzene rings is 1. The molecule has 1 saturated heterocycles. The normalized spacial score (nSPS) is 19.3. The Morgan fingerprint density at radius 3 is 2.81 bits per heavy atom. The maximum Gasteiger partial charge on any atom is 0.150 e. The molecule has 1 fully saturated rings. The van der Waals surface area contributed by atoms with Crippen molar-refractivity contribution < 1.29 is 9.53 Å². The van der Waals surface area contributed by atoms with Gasteiger partial charge in [-0.1, -0.05) is 25.1 Å². The summed E-state index contributed by atoms with van der Waals surface area (Å²) in [6, 6.07) is 7.95. The van der Waals surface area contributed by atoms with E-state index in [9.17, 15) is 4.79 Å². The van der Waals surface area contributed by atoms with Crippen LogP contribution in [0.5, 0.6) is 0 Å². The molecule has 86 valence electrons. The molecule has 2 nitrogen and oxygen atoms in total. The van der Waals surface area contributed by atoms with Gasteiger partial charge in [0.25, 0.3) is 0 Å². The van der Waals surface area contributed by atoms with Gasteiger partial charge < -0.3 is 4.74 Å². The number of carbonyl (C=O) groups is 1. The minimum Gasteiger partial charge on any atom is -0.381 e. The van der Waals surface area contributed by atoms with Gasteiger partial charge in [-0.2, -0.15) is 0 Å². The highest BCUT2D eigenvalue weighted by Crippen LogP contribution is 2.31. The molecule has 1 heterocycles. The molecule has 1 aliphatic rings. The Balaban J connectivity index is 2.12. The number of rotatable bonds is 3. The van der Waals surface area contributed by atoms with Gasteiger partial charge in [0.1, 0.15) is 6.29 Å². The van der Waals surface area contributed by atoms with Crippen LogP contribution in [0.2, 0.25) is 0 Å². The molecule has 0 radical (unpaired) electrons. The van der Waals surface area contributed by atoms with Gasteiger partial charge in [0.05, 0.1) is 0 Å². The van der Waals surface area contributed by atoms with Gasteiger partial charge in [0.15, 0.2) is 0 Å².